The van der Waals surface area contributed by atoms with Crippen LogP contribution in [0.2, 0.25) is 0 Å². The van der Waals surface area contributed by atoms with Gasteiger partial charge < -0.3 is 10.6 Å². The van der Waals surface area contributed by atoms with Gasteiger partial charge in [0.1, 0.15) is 0 Å². The second-order valence-electron chi connectivity index (χ2n) is 19.9. The monoisotopic (exact) mass is 1090 g/mol. The third-order valence-electron chi connectivity index (χ3n) is 13.3. The maximum Gasteiger partial charge on any atom is 0.0462 e. The molecule has 9 aromatic rings. The molecule has 0 saturated carbocycles. The summed E-state index contributed by atoms with van der Waals surface area (Å²) in [4.78, 5) is 2.29. The molecule has 0 amide bonds. The summed E-state index contributed by atoms with van der Waals surface area (Å²) < 4.78 is 0. The summed E-state index contributed by atoms with van der Waals surface area (Å²) in [6, 6.07) is 87.4. The first-order valence-electron chi connectivity index (χ1n) is 29.1. The van der Waals surface area contributed by atoms with Crippen LogP contribution in [0.15, 0.2) is 326 Å². The fourth-order valence-corrected chi connectivity index (χ4v) is 8.65. The highest BCUT2D eigenvalue weighted by atomic mass is 15.1. The van der Waals surface area contributed by atoms with Crippen molar-refractivity contribution in [2.24, 2.45) is 5.73 Å². The average Bonchev–Trinajstić information content (AvgIpc) is 3.97. The van der Waals surface area contributed by atoms with E-state index in [1.165, 1.54) is 79.4 Å². The molecule has 9 aromatic carbocycles. The van der Waals surface area contributed by atoms with Crippen LogP contribution in [0, 0.1) is 27.7 Å². The zero-order valence-electron chi connectivity index (χ0n) is 50.5. The number of anilines is 3. The van der Waals surface area contributed by atoms with Crippen LogP contribution in [0.25, 0.3) is 22.8 Å². The Morgan fingerprint density at radius 3 is 1.40 bits per heavy atom. The zero-order valence-corrected chi connectivity index (χ0v) is 50.5. The van der Waals surface area contributed by atoms with Crippen LogP contribution in [0.4, 0.5) is 17.1 Å². The molecule has 0 fully saturated rings. The number of aryl methyl sites for hydroxylation is 4. The van der Waals surface area contributed by atoms with Crippen molar-refractivity contribution in [2.75, 3.05) is 11.9 Å². The first kappa shape index (κ1) is 64.5. The molecule has 0 aliphatic heterocycles. The molecule has 2 heteroatoms. The normalized spacial score (nSPS) is 12.6. The first-order chi connectivity index (χ1) is 40.7. The molecule has 2 aliphatic rings. The molecule has 2 N–H and O–H groups in total. The molecule has 0 heterocycles. The van der Waals surface area contributed by atoms with Gasteiger partial charge in [0, 0.05) is 23.0 Å². The minimum Gasteiger partial charge on any atom is -0.333 e. The highest BCUT2D eigenvalue weighted by Gasteiger charge is 2.12. The highest BCUT2D eigenvalue weighted by molar-refractivity contribution is 5.81. The molecule has 0 radical (unpaired) electrons. The van der Waals surface area contributed by atoms with Crippen molar-refractivity contribution >= 4 is 28.7 Å². The minimum absolute atomic E-state index is 0.583. The summed E-state index contributed by atoms with van der Waals surface area (Å²) in [5.74, 6) is 0.583. The van der Waals surface area contributed by atoms with Gasteiger partial charge in [-0.05, 0) is 155 Å². The number of rotatable bonds is 10. The van der Waals surface area contributed by atoms with Gasteiger partial charge in [-0.1, -0.05) is 309 Å². The van der Waals surface area contributed by atoms with E-state index in [-0.39, 0.29) is 0 Å². The quantitative estimate of drug-likeness (QED) is 0.109. The van der Waals surface area contributed by atoms with E-state index in [9.17, 15) is 0 Å². The zero-order chi connectivity index (χ0) is 59.3. The summed E-state index contributed by atoms with van der Waals surface area (Å²) in [5.41, 5.74) is 27.6. The fourth-order valence-electron chi connectivity index (χ4n) is 8.65. The average molecular weight is 1090 g/mol. The third-order valence-corrected chi connectivity index (χ3v) is 13.3. The highest BCUT2D eigenvalue weighted by Crippen LogP contribution is 2.35. The van der Waals surface area contributed by atoms with Crippen molar-refractivity contribution in [1.29, 1.82) is 0 Å². The molecule has 1 unspecified atom stereocenters. The molecule has 2 nitrogen and oxygen atoms in total. The molecule has 11 rings (SSSR count). The molecule has 0 spiro atoms. The Labute approximate surface area is 499 Å². The molecule has 0 bridgehead atoms. The van der Waals surface area contributed by atoms with E-state index >= 15 is 0 Å². The Morgan fingerprint density at radius 1 is 0.482 bits per heavy atom. The molecule has 1 atom stereocenters. The lowest BCUT2D eigenvalue weighted by Gasteiger charge is -2.25. The Bertz CT molecular complexity index is 3370. The van der Waals surface area contributed by atoms with Gasteiger partial charge in [-0.15, -0.1) is 5.73 Å². The summed E-state index contributed by atoms with van der Waals surface area (Å²) in [7, 11) is 1.50. The maximum atomic E-state index is 4.50. The van der Waals surface area contributed by atoms with Crippen molar-refractivity contribution < 1.29 is 0 Å². The predicted molar refractivity (Wildman–Crippen MR) is 366 cm³/mol. The van der Waals surface area contributed by atoms with Crippen LogP contribution >= 0.6 is 0 Å². The Kier molecular flexibility index (Phi) is 29.2. The van der Waals surface area contributed by atoms with Gasteiger partial charge in [0.15, 0.2) is 0 Å². The molecule has 2 aliphatic carbocycles. The number of hydrogen-bond donors (Lipinski definition) is 1. The lowest BCUT2D eigenvalue weighted by molar-refractivity contribution is 0.844. The molecule has 0 saturated heterocycles. The van der Waals surface area contributed by atoms with E-state index in [0.29, 0.717) is 5.92 Å². The fraction of sp³-hybridized carbons (Fsp3) is 0.148. The molecular formula is C81H86N2. The van der Waals surface area contributed by atoms with Crippen LogP contribution in [0.3, 0.4) is 0 Å². The lowest BCUT2D eigenvalue weighted by atomic mass is 9.90. The topological polar surface area (TPSA) is 29.3 Å². The number of nitrogens with two attached hydrogens (primary N) is 1. The predicted octanol–water partition coefficient (Wildman–Crippen LogP) is 22.3. The van der Waals surface area contributed by atoms with Crippen LogP contribution in [0.5, 0.6) is 0 Å². The molecular weight excluding hydrogens is 1000 g/mol. The van der Waals surface area contributed by atoms with Crippen LogP contribution < -0.4 is 10.6 Å². The third kappa shape index (κ3) is 23.7. The van der Waals surface area contributed by atoms with Crippen molar-refractivity contribution in [2.45, 2.75) is 74.1 Å². The smallest absolute Gasteiger partial charge is 0.0462 e. The van der Waals surface area contributed by atoms with Crippen LogP contribution in [-0.4, -0.2) is 7.05 Å². The lowest BCUT2D eigenvalue weighted by Crippen LogP contribution is -2.09. The van der Waals surface area contributed by atoms with E-state index in [2.05, 4.69) is 313 Å². The minimum atomic E-state index is 0.583. The number of hydrogen-bond acceptors (Lipinski definition) is 2. The number of para-hydroxylation sites is 2. The number of benzene rings is 9. The number of allylic oxidation sites excluding steroid dienone is 12. The Morgan fingerprint density at radius 2 is 0.928 bits per heavy atom. The van der Waals surface area contributed by atoms with Crippen molar-refractivity contribution in [3.63, 3.8) is 0 Å². The van der Waals surface area contributed by atoms with Gasteiger partial charge >= 0.3 is 0 Å². The van der Waals surface area contributed by atoms with Crippen molar-refractivity contribution in [3.8, 4) is 11.1 Å². The van der Waals surface area contributed by atoms with Crippen LogP contribution in [-0.2, 0) is 6.42 Å². The summed E-state index contributed by atoms with van der Waals surface area (Å²) >= 11 is 0. The summed E-state index contributed by atoms with van der Waals surface area (Å²) in [5, 5.41) is 0. The van der Waals surface area contributed by atoms with Crippen molar-refractivity contribution in [1.82, 2.24) is 0 Å². The molecule has 420 valence electrons. The van der Waals surface area contributed by atoms with Gasteiger partial charge in [0.05, 0.1) is 0 Å². The van der Waals surface area contributed by atoms with Gasteiger partial charge in [-0.3, -0.25) is 0 Å². The Balaban J connectivity index is 0.000000251. The maximum absolute atomic E-state index is 4.50. The van der Waals surface area contributed by atoms with Gasteiger partial charge in [0.25, 0.3) is 0 Å². The van der Waals surface area contributed by atoms with Gasteiger partial charge in [-0.2, -0.15) is 0 Å². The SMILES string of the molecule is CC.CC1=CC=CC=C=C1.CC1=CCC(c2ccc(C)cc2)C=C1.CN.Cc1ccc(C(/C=C\c2ccc(-c3ccc(N(c4ccccc4)c4ccccc4)cc3)cc2)=C/Cc2ccccc2)cc1.Cc1ccccc1.Cc1ccccc1. The van der Waals surface area contributed by atoms with Gasteiger partial charge in [0.2, 0.25) is 0 Å². The van der Waals surface area contributed by atoms with E-state index in [1.807, 2.05) is 74.5 Å². The second kappa shape index (κ2) is 37.6. The molecule has 0 aromatic heterocycles. The second-order valence-corrected chi connectivity index (χ2v) is 19.9. The standard InChI is InChI=1S/C42H35N.C14H16.C8H8.2C7H8.C2H6.CH5N/c1-33-17-23-36(24-18-33)37(25-19-34-11-5-2-6-12-34)26-20-35-21-27-38(28-22-35)39-29-31-42(32-30-39)43(40-13-7-3-8-14-40)41-15-9-4-10-16-41;1-11-3-7-13(8-4-11)14-9-5-12(2)6-10-14;1-8-6-4-2-3-5-7-8;2*1-7-5-3-2-4-6-7;2*1-2/h2-18,20-32H,19H2,1H3;3-9,14H,10H2,1-2H3;2-4,6-7H,1H3;2*2-6H,1H3;1-2H3;2H2,1H3/b26-20-,37-25+;;;;;;. The van der Waals surface area contributed by atoms with Crippen LogP contribution in [0.1, 0.15) is 84.5 Å². The number of nitrogens with zero attached hydrogens (tertiary/aromatic N) is 1. The Hall–Kier alpha value is -9.30. The van der Waals surface area contributed by atoms with Crippen molar-refractivity contribution in [3.05, 3.63) is 371 Å². The van der Waals surface area contributed by atoms with E-state index in [4.69, 9.17) is 0 Å². The summed E-state index contributed by atoms with van der Waals surface area (Å²) in [6.07, 6.45) is 25.5. The molecule has 83 heavy (non-hydrogen) atoms. The van der Waals surface area contributed by atoms with E-state index in [0.717, 1.165) is 29.9 Å². The van der Waals surface area contributed by atoms with E-state index < -0.39 is 0 Å². The largest absolute Gasteiger partial charge is 0.333 e. The van der Waals surface area contributed by atoms with E-state index in [1.54, 1.807) is 0 Å². The van der Waals surface area contributed by atoms with Gasteiger partial charge in [-0.25, -0.2) is 0 Å². The summed E-state index contributed by atoms with van der Waals surface area (Å²) in [6.45, 7) is 16.6. The first-order valence-corrected chi connectivity index (χ1v) is 29.1.